The summed E-state index contributed by atoms with van der Waals surface area (Å²) < 4.78 is 0. The Morgan fingerprint density at radius 3 is 2.42 bits per heavy atom. The van der Waals surface area contributed by atoms with Crippen LogP contribution in [0.1, 0.15) is 46.5 Å². The number of carbonyl (C=O) groups excluding carboxylic acids is 1. The van der Waals surface area contributed by atoms with E-state index in [0.717, 1.165) is 12.8 Å². The normalized spacial score (nSPS) is 15.7. The Kier molecular flexibility index (Phi) is 5.99. The Morgan fingerprint density at radius 1 is 1.42 bits per heavy atom. The molecule has 0 aromatic carbocycles. The molecule has 0 spiro atoms. The number of carbonyl (C=O) groups is 1. The van der Waals surface area contributed by atoms with Crippen LogP contribution in [0.25, 0.3) is 0 Å². The molecule has 2 nitrogen and oxygen atoms in total. The summed E-state index contributed by atoms with van der Waals surface area (Å²) >= 11 is 0. The van der Waals surface area contributed by atoms with Crippen molar-refractivity contribution >= 4 is 5.78 Å². The summed E-state index contributed by atoms with van der Waals surface area (Å²) in [6.45, 7) is 5.77. The quantitative estimate of drug-likeness (QED) is 0.666. The summed E-state index contributed by atoms with van der Waals surface area (Å²) in [5, 5.41) is 9.38. The first-order valence-electron chi connectivity index (χ1n) is 4.84. The highest BCUT2D eigenvalue weighted by Gasteiger charge is 2.19. The lowest BCUT2D eigenvalue weighted by Gasteiger charge is -2.15. The minimum atomic E-state index is -0.450. The van der Waals surface area contributed by atoms with Crippen molar-refractivity contribution in [3.8, 4) is 0 Å². The number of unbranched alkanes of at least 4 members (excludes halogenated alkanes) is 1. The van der Waals surface area contributed by atoms with Gasteiger partial charge < -0.3 is 5.11 Å². The Labute approximate surface area is 75.0 Å². The second-order valence-corrected chi connectivity index (χ2v) is 3.33. The van der Waals surface area contributed by atoms with Crippen molar-refractivity contribution in [3.05, 3.63) is 0 Å². The van der Waals surface area contributed by atoms with Gasteiger partial charge >= 0.3 is 0 Å². The molecule has 0 heterocycles. The van der Waals surface area contributed by atoms with Crippen LogP contribution in [-0.2, 0) is 4.79 Å². The maximum Gasteiger partial charge on any atom is 0.138 e. The summed E-state index contributed by atoms with van der Waals surface area (Å²) in [5.74, 6) is 0.0211. The highest BCUT2D eigenvalue weighted by Crippen LogP contribution is 2.11. The van der Waals surface area contributed by atoms with E-state index >= 15 is 0 Å². The van der Waals surface area contributed by atoms with Gasteiger partial charge in [0.15, 0.2) is 0 Å². The number of aliphatic hydroxyl groups is 1. The van der Waals surface area contributed by atoms with E-state index in [9.17, 15) is 9.90 Å². The van der Waals surface area contributed by atoms with Gasteiger partial charge in [-0.3, -0.25) is 4.79 Å². The summed E-state index contributed by atoms with van der Waals surface area (Å²) in [7, 11) is 0. The van der Waals surface area contributed by atoms with Gasteiger partial charge in [-0.15, -0.1) is 0 Å². The molecule has 0 aromatic heterocycles. The monoisotopic (exact) mass is 172 g/mol. The highest BCUT2D eigenvalue weighted by molar-refractivity contribution is 5.81. The van der Waals surface area contributed by atoms with E-state index in [1.165, 1.54) is 0 Å². The lowest BCUT2D eigenvalue weighted by Crippen LogP contribution is -2.24. The van der Waals surface area contributed by atoms with E-state index in [0.29, 0.717) is 12.8 Å². The van der Waals surface area contributed by atoms with Gasteiger partial charge in [-0.25, -0.2) is 0 Å². The Morgan fingerprint density at radius 2 is 2.00 bits per heavy atom. The van der Waals surface area contributed by atoms with Crippen molar-refractivity contribution < 1.29 is 9.90 Å². The first-order chi connectivity index (χ1) is 5.63. The molecule has 0 aliphatic carbocycles. The van der Waals surface area contributed by atoms with Crippen LogP contribution in [0.4, 0.5) is 0 Å². The summed E-state index contributed by atoms with van der Waals surface area (Å²) in [6, 6.07) is 0. The molecule has 1 N–H and O–H groups in total. The lowest BCUT2D eigenvalue weighted by atomic mass is 9.94. The molecule has 0 bridgehead atoms. The van der Waals surface area contributed by atoms with Gasteiger partial charge in [0.2, 0.25) is 0 Å². The third-order valence-corrected chi connectivity index (χ3v) is 2.28. The van der Waals surface area contributed by atoms with Crippen LogP contribution in [0.3, 0.4) is 0 Å². The van der Waals surface area contributed by atoms with E-state index in [1.54, 1.807) is 0 Å². The summed E-state index contributed by atoms with van der Waals surface area (Å²) in [6.07, 6.45) is 2.82. The van der Waals surface area contributed by atoms with Crippen molar-refractivity contribution in [2.75, 3.05) is 0 Å². The number of aliphatic hydroxyl groups excluding tert-OH is 1. The number of rotatable bonds is 6. The predicted molar refractivity (Wildman–Crippen MR) is 50.0 cm³/mol. The second-order valence-electron chi connectivity index (χ2n) is 3.33. The van der Waals surface area contributed by atoms with E-state index in [4.69, 9.17) is 0 Å². The van der Waals surface area contributed by atoms with Crippen LogP contribution >= 0.6 is 0 Å². The maximum absolute atomic E-state index is 11.3. The summed E-state index contributed by atoms with van der Waals surface area (Å²) in [5.41, 5.74) is 0. The third kappa shape index (κ3) is 3.86. The molecule has 0 aromatic rings. The molecule has 2 unspecified atom stereocenters. The van der Waals surface area contributed by atoms with Gasteiger partial charge in [0.25, 0.3) is 0 Å². The fourth-order valence-electron chi connectivity index (χ4n) is 1.15. The molecule has 0 aliphatic rings. The van der Waals surface area contributed by atoms with Crippen molar-refractivity contribution in [3.63, 3.8) is 0 Å². The molecule has 0 aliphatic heterocycles. The Balaban J connectivity index is 3.75. The molecule has 0 radical (unpaired) electrons. The van der Waals surface area contributed by atoms with Gasteiger partial charge in [0, 0.05) is 12.3 Å². The van der Waals surface area contributed by atoms with Gasteiger partial charge in [-0.1, -0.05) is 27.2 Å². The van der Waals surface area contributed by atoms with Gasteiger partial charge in [0.05, 0.1) is 6.10 Å². The van der Waals surface area contributed by atoms with E-state index in [1.807, 2.05) is 13.8 Å². The average Bonchev–Trinajstić information content (AvgIpc) is 2.11. The number of Topliss-reactive ketones (excluding diaryl/α,β-unsaturated/α-hetero) is 1. The van der Waals surface area contributed by atoms with E-state index < -0.39 is 6.10 Å². The molecule has 0 amide bonds. The van der Waals surface area contributed by atoms with Crippen LogP contribution < -0.4 is 0 Å². The summed E-state index contributed by atoms with van der Waals surface area (Å²) in [4.78, 5) is 11.3. The first kappa shape index (κ1) is 11.6. The van der Waals surface area contributed by atoms with Crippen molar-refractivity contribution in [2.45, 2.75) is 52.6 Å². The van der Waals surface area contributed by atoms with Crippen LogP contribution in [0.2, 0.25) is 0 Å². The standard InChI is InChI=1S/C10H20O2/c1-4-6-7-10(12)8(3)9(11)5-2/h8-9,11H,4-7H2,1-3H3. The van der Waals surface area contributed by atoms with Gasteiger partial charge in [0.1, 0.15) is 5.78 Å². The molecule has 0 fully saturated rings. The number of ketones is 1. The fraction of sp³-hybridized carbons (Fsp3) is 0.900. The molecule has 2 atom stereocenters. The largest absolute Gasteiger partial charge is 0.392 e. The average molecular weight is 172 g/mol. The molecule has 0 rings (SSSR count). The zero-order chi connectivity index (χ0) is 9.56. The Hall–Kier alpha value is -0.370. The van der Waals surface area contributed by atoms with Crippen LogP contribution in [-0.4, -0.2) is 17.0 Å². The lowest BCUT2D eigenvalue weighted by molar-refractivity contribution is -0.125. The Bertz CT molecular complexity index is 132. The second kappa shape index (κ2) is 6.18. The van der Waals surface area contributed by atoms with Crippen LogP contribution in [0, 0.1) is 5.92 Å². The topological polar surface area (TPSA) is 37.3 Å². The molecule has 12 heavy (non-hydrogen) atoms. The fourth-order valence-corrected chi connectivity index (χ4v) is 1.15. The molecule has 0 saturated carbocycles. The van der Waals surface area contributed by atoms with Crippen LogP contribution in [0.5, 0.6) is 0 Å². The minimum absolute atomic E-state index is 0.179. The predicted octanol–water partition coefficient (Wildman–Crippen LogP) is 2.15. The smallest absolute Gasteiger partial charge is 0.138 e. The zero-order valence-corrected chi connectivity index (χ0v) is 8.34. The van der Waals surface area contributed by atoms with Gasteiger partial charge in [-0.2, -0.15) is 0 Å². The molecule has 72 valence electrons. The number of hydrogen-bond acceptors (Lipinski definition) is 2. The molecule has 0 saturated heterocycles. The first-order valence-corrected chi connectivity index (χ1v) is 4.84. The third-order valence-electron chi connectivity index (χ3n) is 2.28. The number of hydrogen-bond donors (Lipinski definition) is 1. The van der Waals surface area contributed by atoms with Crippen molar-refractivity contribution in [1.29, 1.82) is 0 Å². The molecular formula is C10H20O2. The van der Waals surface area contributed by atoms with Gasteiger partial charge in [-0.05, 0) is 12.8 Å². The maximum atomic E-state index is 11.3. The highest BCUT2D eigenvalue weighted by atomic mass is 16.3. The van der Waals surface area contributed by atoms with Crippen LogP contribution in [0.15, 0.2) is 0 Å². The molecule has 2 heteroatoms. The minimum Gasteiger partial charge on any atom is -0.392 e. The zero-order valence-electron chi connectivity index (χ0n) is 8.34. The van der Waals surface area contributed by atoms with Crippen molar-refractivity contribution in [1.82, 2.24) is 0 Å². The van der Waals surface area contributed by atoms with E-state index in [-0.39, 0.29) is 11.7 Å². The molecular weight excluding hydrogens is 152 g/mol. The van der Waals surface area contributed by atoms with Crippen molar-refractivity contribution in [2.24, 2.45) is 5.92 Å². The van der Waals surface area contributed by atoms with E-state index in [2.05, 4.69) is 6.92 Å². The SMILES string of the molecule is CCCCC(=O)C(C)C(O)CC.